The number of hydrogen-bond donors (Lipinski definition) is 2. The van der Waals surface area contributed by atoms with Gasteiger partial charge in [-0.2, -0.15) is 0 Å². The van der Waals surface area contributed by atoms with Gasteiger partial charge in [0, 0.05) is 18.2 Å². The minimum absolute atomic E-state index is 0.0827. The van der Waals surface area contributed by atoms with Gasteiger partial charge in [-0.1, -0.05) is 31.4 Å². The Morgan fingerprint density at radius 2 is 2.09 bits per heavy atom. The smallest absolute Gasteiger partial charge is 0.244 e. The quantitative estimate of drug-likeness (QED) is 0.792. The summed E-state index contributed by atoms with van der Waals surface area (Å²) < 4.78 is 5.22. The van der Waals surface area contributed by atoms with Crippen molar-refractivity contribution in [3.63, 3.8) is 0 Å². The fourth-order valence-electron chi connectivity index (χ4n) is 3.33. The van der Waals surface area contributed by atoms with Crippen molar-refractivity contribution in [1.82, 2.24) is 5.32 Å². The molecule has 23 heavy (non-hydrogen) atoms. The molecule has 0 bridgehead atoms. The van der Waals surface area contributed by atoms with E-state index in [2.05, 4.69) is 5.32 Å². The molecule has 0 heterocycles. The number of aliphatic hydroxyl groups excluding tert-OH is 1. The van der Waals surface area contributed by atoms with Crippen LogP contribution in [0.25, 0.3) is 5.57 Å². The first-order chi connectivity index (χ1) is 11.1. The Bertz CT molecular complexity index is 554. The van der Waals surface area contributed by atoms with Gasteiger partial charge in [0.2, 0.25) is 5.91 Å². The molecule has 0 radical (unpaired) electrons. The lowest BCUT2D eigenvalue weighted by molar-refractivity contribution is -0.119. The molecule has 1 aromatic carbocycles. The van der Waals surface area contributed by atoms with E-state index in [0.29, 0.717) is 6.42 Å². The summed E-state index contributed by atoms with van der Waals surface area (Å²) in [6.45, 7) is 2.03. The van der Waals surface area contributed by atoms with Crippen molar-refractivity contribution in [3.05, 3.63) is 35.9 Å². The van der Waals surface area contributed by atoms with E-state index in [9.17, 15) is 9.90 Å². The van der Waals surface area contributed by atoms with Gasteiger partial charge in [-0.25, -0.2) is 0 Å². The molecule has 1 amide bonds. The number of amides is 1. The van der Waals surface area contributed by atoms with Crippen LogP contribution >= 0.6 is 0 Å². The van der Waals surface area contributed by atoms with Crippen molar-refractivity contribution >= 4 is 11.5 Å². The van der Waals surface area contributed by atoms with Crippen LogP contribution in [0.5, 0.6) is 5.75 Å². The number of nitrogens with one attached hydrogen (secondary N) is 1. The van der Waals surface area contributed by atoms with Crippen LogP contribution in [0, 0.1) is 0 Å². The van der Waals surface area contributed by atoms with Crippen LogP contribution in [-0.2, 0) is 4.79 Å². The number of carbonyl (C=O) groups excluding carboxylic acids is 1. The normalized spacial score (nSPS) is 17.6. The Hall–Kier alpha value is -1.81. The second kappa shape index (κ2) is 8.16. The fourth-order valence-corrected chi connectivity index (χ4v) is 3.33. The Morgan fingerprint density at radius 3 is 2.74 bits per heavy atom. The van der Waals surface area contributed by atoms with Gasteiger partial charge >= 0.3 is 0 Å². The highest BCUT2D eigenvalue weighted by molar-refractivity contribution is 5.95. The predicted octanol–water partition coefficient (Wildman–Crippen LogP) is 3.30. The predicted molar refractivity (Wildman–Crippen MR) is 92.3 cm³/mol. The number of benzene rings is 1. The zero-order valence-electron chi connectivity index (χ0n) is 14.1. The Balaban J connectivity index is 2.09. The summed E-state index contributed by atoms with van der Waals surface area (Å²) in [6.07, 6.45) is 7.60. The third-order valence-electron chi connectivity index (χ3n) is 4.66. The van der Waals surface area contributed by atoms with E-state index in [-0.39, 0.29) is 18.1 Å². The molecule has 0 unspecified atom stereocenters. The van der Waals surface area contributed by atoms with E-state index in [1.165, 1.54) is 6.42 Å². The van der Waals surface area contributed by atoms with Gasteiger partial charge in [-0.05, 0) is 49.5 Å². The minimum Gasteiger partial charge on any atom is -0.497 e. The zero-order valence-corrected chi connectivity index (χ0v) is 14.1. The molecule has 1 aromatic rings. The molecule has 1 fully saturated rings. The van der Waals surface area contributed by atoms with Crippen molar-refractivity contribution in [1.29, 1.82) is 0 Å². The number of carbonyl (C=O) groups is 1. The molecule has 0 saturated heterocycles. The van der Waals surface area contributed by atoms with Crippen LogP contribution < -0.4 is 10.1 Å². The SMILES string of the molecule is COc1cccc(C(C)=CC(=O)NC2(CCO)CCCCC2)c1. The highest BCUT2D eigenvalue weighted by Crippen LogP contribution is 2.31. The number of allylic oxidation sites excluding steroid dienone is 1. The van der Waals surface area contributed by atoms with Crippen molar-refractivity contribution in [2.75, 3.05) is 13.7 Å². The highest BCUT2D eigenvalue weighted by Gasteiger charge is 2.32. The first kappa shape index (κ1) is 17.5. The molecule has 0 atom stereocenters. The number of rotatable bonds is 6. The Labute approximate surface area is 138 Å². The molecule has 4 nitrogen and oxygen atoms in total. The van der Waals surface area contributed by atoms with Crippen LogP contribution in [0.2, 0.25) is 0 Å². The van der Waals surface area contributed by atoms with Crippen molar-refractivity contribution in [3.8, 4) is 5.75 Å². The number of aliphatic hydroxyl groups is 1. The summed E-state index contributed by atoms with van der Waals surface area (Å²) in [7, 11) is 1.63. The lowest BCUT2D eigenvalue weighted by Gasteiger charge is -2.37. The first-order valence-corrected chi connectivity index (χ1v) is 8.34. The van der Waals surface area contributed by atoms with Gasteiger partial charge in [0.15, 0.2) is 0 Å². The van der Waals surface area contributed by atoms with E-state index in [4.69, 9.17) is 4.74 Å². The van der Waals surface area contributed by atoms with Crippen LogP contribution in [0.1, 0.15) is 51.0 Å². The van der Waals surface area contributed by atoms with Gasteiger partial charge in [-0.15, -0.1) is 0 Å². The molecule has 4 heteroatoms. The molecule has 1 saturated carbocycles. The molecule has 126 valence electrons. The molecular weight excluding hydrogens is 290 g/mol. The maximum atomic E-state index is 12.4. The molecule has 1 aliphatic rings. The molecular formula is C19H27NO3. The van der Waals surface area contributed by atoms with E-state index >= 15 is 0 Å². The summed E-state index contributed by atoms with van der Waals surface area (Å²) in [5.74, 6) is 0.695. The van der Waals surface area contributed by atoms with Gasteiger partial charge < -0.3 is 15.2 Å². The molecule has 2 rings (SSSR count). The fraction of sp³-hybridized carbons (Fsp3) is 0.526. The number of hydrogen-bond acceptors (Lipinski definition) is 3. The van der Waals surface area contributed by atoms with E-state index < -0.39 is 0 Å². The summed E-state index contributed by atoms with van der Waals surface area (Å²) in [5.41, 5.74) is 1.63. The lowest BCUT2D eigenvalue weighted by atomic mass is 9.79. The average molecular weight is 317 g/mol. The number of methoxy groups -OCH3 is 1. The average Bonchev–Trinajstić information content (AvgIpc) is 2.55. The largest absolute Gasteiger partial charge is 0.497 e. The maximum absolute atomic E-state index is 12.4. The monoisotopic (exact) mass is 317 g/mol. The molecule has 0 aliphatic heterocycles. The third kappa shape index (κ3) is 4.83. The van der Waals surface area contributed by atoms with E-state index in [1.807, 2.05) is 31.2 Å². The topological polar surface area (TPSA) is 58.6 Å². The van der Waals surface area contributed by atoms with Crippen LogP contribution in [0.3, 0.4) is 0 Å². The van der Waals surface area contributed by atoms with Gasteiger partial charge in [0.1, 0.15) is 5.75 Å². The summed E-state index contributed by atoms with van der Waals surface area (Å²) in [6, 6.07) is 7.68. The first-order valence-electron chi connectivity index (χ1n) is 8.34. The van der Waals surface area contributed by atoms with Crippen LogP contribution in [0.15, 0.2) is 30.3 Å². The van der Waals surface area contributed by atoms with E-state index in [0.717, 1.165) is 42.6 Å². The Kier molecular flexibility index (Phi) is 6.22. The summed E-state index contributed by atoms with van der Waals surface area (Å²) in [4.78, 5) is 12.4. The van der Waals surface area contributed by atoms with Crippen molar-refractivity contribution < 1.29 is 14.6 Å². The van der Waals surface area contributed by atoms with Gasteiger partial charge in [0.25, 0.3) is 0 Å². The minimum atomic E-state index is -0.241. The van der Waals surface area contributed by atoms with Gasteiger partial charge in [-0.3, -0.25) is 4.79 Å². The highest BCUT2D eigenvalue weighted by atomic mass is 16.5. The second-order valence-electron chi connectivity index (χ2n) is 6.36. The maximum Gasteiger partial charge on any atom is 0.244 e. The standard InChI is InChI=1S/C19H27NO3/c1-15(16-7-6-8-17(14-16)23-2)13-18(22)20-19(11-12-21)9-4-3-5-10-19/h6-8,13-14,21H,3-5,9-12H2,1-2H3,(H,20,22). The van der Waals surface area contributed by atoms with Crippen molar-refractivity contribution in [2.24, 2.45) is 0 Å². The summed E-state index contributed by atoms with van der Waals surface area (Å²) >= 11 is 0. The van der Waals surface area contributed by atoms with E-state index in [1.54, 1.807) is 13.2 Å². The number of ether oxygens (including phenoxy) is 1. The molecule has 0 aromatic heterocycles. The lowest BCUT2D eigenvalue weighted by Crippen LogP contribution is -2.49. The van der Waals surface area contributed by atoms with Crippen LogP contribution in [0.4, 0.5) is 0 Å². The molecule has 2 N–H and O–H groups in total. The van der Waals surface area contributed by atoms with Gasteiger partial charge in [0.05, 0.1) is 7.11 Å². The third-order valence-corrected chi connectivity index (χ3v) is 4.66. The zero-order chi connectivity index (χ0) is 16.7. The molecule has 0 spiro atoms. The van der Waals surface area contributed by atoms with Crippen molar-refractivity contribution in [2.45, 2.75) is 51.0 Å². The molecule has 1 aliphatic carbocycles. The summed E-state index contributed by atoms with van der Waals surface area (Å²) in [5, 5.41) is 12.5. The van der Waals surface area contributed by atoms with Crippen LogP contribution in [-0.4, -0.2) is 30.3 Å². The second-order valence-corrected chi connectivity index (χ2v) is 6.36. The Morgan fingerprint density at radius 1 is 1.35 bits per heavy atom.